The maximum Gasteiger partial charge on any atom is 0.206 e. The zero-order chi connectivity index (χ0) is 33.3. The number of benzene rings is 2. The van der Waals surface area contributed by atoms with Gasteiger partial charge in [-0.05, 0) is 112 Å². The van der Waals surface area contributed by atoms with E-state index in [4.69, 9.17) is 0 Å². The van der Waals surface area contributed by atoms with Gasteiger partial charge in [0.1, 0.15) is 11.5 Å². The number of Topliss-reactive ketones (excluding diaryl/α,β-unsaturated/α-hetero) is 3. The van der Waals surface area contributed by atoms with E-state index in [1.54, 1.807) is 13.8 Å². The second-order valence-corrected chi connectivity index (χ2v) is 15.7. The number of phenols is 1. The Kier molecular flexibility index (Phi) is 7.99. The minimum atomic E-state index is -2.47. The number of rotatable bonds is 6. The second kappa shape index (κ2) is 11.3. The van der Waals surface area contributed by atoms with Crippen molar-refractivity contribution in [3.63, 3.8) is 0 Å². The van der Waals surface area contributed by atoms with Gasteiger partial charge < -0.3 is 15.3 Å². The number of phenolic OH excluding ortho intramolecular Hbond substituents is 1. The Morgan fingerprint density at radius 2 is 1.54 bits per heavy atom. The molecule has 2 saturated carbocycles. The quantitative estimate of drug-likeness (QED) is 0.226. The lowest BCUT2D eigenvalue weighted by molar-refractivity contribution is -0.171. The molecular weight excluding hydrogens is 576 g/mol. The summed E-state index contributed by atoms with van der Waals surface area (Å²) in [5.41, 5.74) is 0.199. The van der Waals surface area contributed by atoms with Crippen molar-refractivity contribution in [1.29, 1.82) is 0 Å². The molecule has 0 radical (unpaired) electrons. The normalized spacial score (nSPS) is 31.1. The van der Waals surface area contributed by atoms with E-state index in [0.29, 0.717) is 30.3 Å². The van der Waals surface area contributed by atoms with Crippen LogP contribution in [0.4, 0.5) is 0 Å². The molecule has 3 atom stereocenters. The third-order valence-electron chi connectivity index (χ3n) is 11.8. The smallest absolute Gasteiger partial charge is 0.206 e. The summed E-state index contributed by atoms with van der Waals surface area (Å²) < 4.78 is 0. The summed E-state index contributed by atoms with van der Waals surface area (Å²) in [6.45, 7) is 10.9. The van der Waals surface area contributed by atoms with E-state index in [1.165, 1.54) is 12.5 Å². The van der Waals surface area contributed by atoms with E-state index >= 15 is 0 Å². The van der Waals surface area contributed by atoms with E-state index in [2.05, 4.69) is 44.2 Å². The number of fused-ring (bicyclic) bond motifs is 3. The van der Waals surface area contributed by atoms with Crippen LogP contribution >= 0.6 is 0 Å². The Morgan fingerprint density at radius 3 is 2.13 bits per heavy atom. The lowest BCUT2D eigenvalue weighted by Gasteiger charge is -2.56. The first kappa shape index (κ1) is 32.4. The highest BCUT2D eigenvalue weighted by atomic mass is 16.3. The fourth-order valence-electron chi connectivity index (χ4n) is 9.75. The molecule has 0 bridgehead atoms. The summed E-state index contributed by atoms with van der Waals surface area (Å²) in [6.07, 6.45) is 7.03. The summed E-state index contributed by atoms with van der Waals surface area (Å²) >= 11 is 0. The highest BCUT2D eigenvalue weighted by molar-refractivity contribution is 6.33. The predicted octanol–water partition coefficient (Wildman–Crippen LogP) is 7.53. The number of hydrogen-bond donors (Lipinski definition) is 3. The first-order valence-electron chi connectivity index (χ1n) is 17.0. The molecule has 46 heavy (non-hydrogen) atoms. The van der Waals surface area contributed by atoms with Crippen molar-refractivity contribution in [3.05, 3.63) is 80.9 Å². The predicted molar refractivity (Wildman–Crippen MR) is 179 cm³/mol. The zero-order valence-electron chi connectivity index (χ0n) is 28.1. The van der Waals surface area contributed by atoms with Crippen molar-refractivity contribution in [2.24, 2.45) is 22.7 Å². The minimum Gasteiger partial charge on any atom is -0.507 e. The molecule has 0 saturated heterocycles. The van der Waals surface area contributed by atoms with Crippen LogP contribution in [0.5, 0.6) is 5.75 Å². The molecule has 244 valence electrons. The van der Waals surface area contributed by atoms with Gasteiger partial charge in [-0.2, -0.15) is 0 Å². The SMILES string of the molecule is CC(=O)C1=C(C)C[C@@]2(C)C[C@@]3(C)Cc4c(C(C)C)cc(CC5CCC(Cc6ccccc6)CC5)c(O)c4C(O)=C3C(=O)[C@@]2(O)C1=O. The van der Waals surface area contributed by atoms with Crippen molar-refractivity contribution < 1.29 is 29.7 Å². The molecule has 6 rings (SSSR count). The summed E-state index contributed by atoms with van der Waals surface area (Å²) in [6, 6.07) is 12.7. The molecule has 0 aliphatic heterocycles. The van der Waals surface area contributed by atoms with E-state index in [1.807, 2.05) is 13.0 Å². The topological polar surface area (TPSA) is 112 Å². The van der Waals surface area contributed by atoms with Crippen LogP contribution in [0.1, 0.15) is 114 Å². The summed E-state index contributed by atoms with van der Waals surface area (Å²) in [5, 5.41) is 35.8. The Balaban J connectivity index is 1.37. The molecule has 4 aliphatic rings. The van der Waals surface area contributed by atoms with Gasteiger partial charge in [0.25, 0.3) is 0 Å². The maximum atomic E-state index is 14.4. The van der Waals surface area contributed by atoms with Crippen LogP contribution in [0, 0.1) is 22.7 Å². The number of carbonyl (C=O) groups is 3. The molecule has 0 spiro atoms. The van der Waals surface area contributed by atoms with Gasteiger partial charge in [-0.3, -0.25) is 14.4 Å². The molecule has 0 amide bonds. The zero-order valence-corrected chi connectivity index (χ0v) is 28.1. The van der Waals surface area contributed by atoms with Crippen LogP contribution < -0.4 is 0 Å². The van der Waals surface area contributed by atoms with Gasteiger partial charge >= 0.3 is 0 Å². The number of carbonyl (C=O) groups excluding carboxylic acids is 3. The third-order valence-corrected chi connectivity index (χ3v) is 11.8. The van der Waals surface area contributed by atoms with Gasteiger partial charge in [0.2, 0.25) is 11.6 Å². The molecule has 3 N–H and O–H groups in total. The van der Waals surface area contributed by atoms with Crippen molar-refractivity contribution in [2.75, 3.05) is 0 Å². The molecule has 2 aromatic rings. The van der Waals surface area contributed by atoms with Gasteiger partial charge in [0.05, 0.1) is 11.1 Å². The Morgan fingerprint density at radius 1 is 0.935 bits per heavy atom. The largest absolute Gasteiger partial charge is 0.507 e. The van der Waals surface area contributed by atoms with Gasteiger partial charge in [-0.1, -0.05) is 69.7 Å². The van der Waals surface area contributed by atoms with Gasteiger partial charge in [0, 0.05) is 16.4 Å². The number of allylic oxidation sites excluding steroid dienone is 1. The van der Waals surface area contributed by atoms with E-state index < -0.39 is 33.8 Å². The fourth-order valence-corrected chi connectivity index (χ4v) is 9.75. The highest BCUT2D eigenvalue weighted by Crippen LogP contribution is 2.62. The molecular formula is C40H48O6. The lowest BCUT2D eigenvalue weighted by atomic mass is 9.46. The molecule has 0 heterocycles. The molecule has 0 aromatic heterocycles. The van der Waals surface area contributed by atoms with Crippen molar-refractivity contribution in [1.82, 2.24) is 0 Å². The van der Waals surface area contributed by atoms with Crippen LogP contribution in [-0.4, -0.2) is 38.3 Å². The van der Waals surface area contributed by atoms with Crippen LogP contribution in [-0.2, 0) is 33.6 Å². The molecule has 2 aromatic carbocycles. The summed E-state index contributed by atoms with van der Waals surface area (Å²) in [5.74, 6) is -1.42. The first-order valence-corrected chi connectivity index (χ1v) is 17.0. The van der Waals surface area contributed by atoms with Gasteiger partial charge in [0.15, 0.2) is 11.4 Å². The average molecular weight is 625 g/mol. The molecule has 6 nitrogen and oxygen atoms in total. The highest BCUT2D eigenvalue weighted by Gasteiger charge is 2.69. The van der Waals surface area contributed by atoms with Gasteiger partial charge in [-0.15, -0.1) is 0 Å². The Bertz CT molecular complexity index is 1690. The van der Waals surface area contributed by atoms with Crippen LogP contribution in [0.2, 0.25) is 0 Å². The summed E-state index contributed by atoms with van der Waals surface area (Å²) in [4.78, 5) is 40.7. The minimum absolute atomic E-state index is 0.0129. The number of ketones is 3. The van der Waals surface area contributed by atoms with Crippen LogP contribution in [0.15, 0.2) is 53.1 Å². The molecule has 0 unspecified atom stereocenters. The second-order valence-electron chi connectivity index (χ2n) is 15.7. The number of aliphatic hydroxyl groups excluding tert-OH is 1. The fraction of sp³-hybridized carbons (Fsp3) is 0.525. The standard InChI is InChI=1S/C40H48O6/c1-22(2)29-18-28(17-27-14-12-26(13-15-27)16-25-10-8-7-9-11-25)34(42)32-30(29)20-38(5)21-39(6)19-23(3)31(24(4)41)36(44)40(39,46)37(45)33(38)35(32)43/h7-11,18,22,26-27,42-43,46H,12-17,19-21H2,1-6H3/t26?,27?,38-,39+,40+/m1/s1. The number of aromatic hydroxyl groups is 1. The van der Waals surface area contributed by atoms with Crippen LogP contribution in [0.3, 0.4) is 0 Å². The monoisotopic (exact) mass is 624 g/mol. The van der Waals surface area contributed by atoms with Crippen LogP contribution in [0.25, 0.3) is 5.76 Å². The average Bonchev–Trinajstić information content (AvgIpc) is 2.97. The lowest BCUT2D eigenvalue weighted by Crippen LogP contribution is -2.67. The molecule has 2 fully saturated rings. The third kappa shape index (κ3) is 4.90. The first-order chi connectivity index (χ1) is 21.6. The maximum absolute atomic E-state index is 14.4. The van der Waals surface area contributed by atoms with Crippen molar-refractivity contribution in [2.45, 2.75) is 111 Å². The number of hydrogen-bond acceptors (Lipinski definition) is 6. The summed E-state index contributed by atoms with van der Waals surface area (Å²) in [7, 11) is 0. The van der Waals surface area contributed by atoms with E-state index in [0.717, 1.165) is 48.8 Å². The Hall–Kier alpha value is -3.51. The number of aliphatic hydroxyl groups is 2. The van der Waals surface area contributed by atoms with Gasteiger partial charge in [-0.25, -0.2) is 0 Å². The van der Waals surface area contributed by atoms with Crippen molar-refractivity contribution >= 4 is 23.1 Å². The van der Waals surface area contributed by atoms with Crippen molar-refractivity contribution in [3.8, 4) is 5.75 Å². The molecule has 6 heteroatoms. The molecule has 4 aliphatic carbocycles. The van der Waals surface area contributed by atoms with E-state index in [-0.39, 0.29) is 47.0 Å². The van der Waals surface area contributed by atoms with E-state index in [9.17, 15) is 29.7 Å². The Labute approximate surface area is 272 Å².